The van der Waals surface area contributed by atoms with Crippen molar-refractivity contribution in [3.05, 3.63) is 66.2 Å². The fraction of sp³-hybridized carbons (Fsp3) is 0.333. The van der Waals surface area contributed by atoms with Crippen LogP contribution in [-0.4, -0.2) is 66.1 Å². The van der Waals surface area contributed by atoms with Crippen molar-refractivity contribution in [3.8, 4) is 0 Å². The van der Waals surface area contributed by atoms with Crippen LogP contribution >= 0.6 is 0 Å². The predicted molar refractivity (Wildman–Crippen MR) is 118 cm³/mol. The molecule has 0 bridgehead atoms. The summed E-state index contributed by atoms with van der Waals surface area (Å²) < 4.78 is 10.1. The standard InChI is InChI=1S/C24H25N3O6/c1-32-20(28)16-26-21(29)24(27(22(26)30)19-10-6-3-7-11-19)12-14-25(15-13-24)23(31)33-17-18-8-4-2-5-9-18/h2-11H,12-17H2,1H3. The van der Waals surface area contributed by atoms with Crippen LogP contribution in [0.2, 0.25) is 0 Å². The van der Waals surface area contributed by atoms with E-state index in [-0.39, 0.29) is 32.5 Å². The van der Waals surface area contributed by atoms with Gasteiger partial charge in [-0.15, -0.1) is 0 Å². The van der Waals surface area contributed by atoms with E-state index < -0.39 is 36.1 Å². The van der Waals surface area contributed by atoms with E-state index >= 15 is 0 Å². The highest BCUT2D eigenvalue weighted by molar-refractivity contribution is 6.18. The molecular formula is C24H25N3O6. The lowest BCUT2D eigenvalue weighted by atomic mass is 9.85. The summed E-state index contributed by atoms with van der Waals surface area (Å²) in [5, 5.41) is 0. The van der Waals surface area contributed by atoms with Crippen molar-refractivity contribution >= 4 is 29.7 Å². The smallest absolute Gasteiger partial charge is 0.410 e. The van der Waals surface area contributed by atoms with Crippen molar-refractivity contribution in [2.24, 2.45) is 0 Å². The predicted octanol–water partition coefficient (Wildman–Crippen LogP) is 2.80. The molecule has 0 N–H and O–H groups in total. The number of hydrogen-bond acceptors (Lipinski definition) is 6. The Bertz CT molecular complexity index is 1030. The van der Waals surface area contributed by atoms with Crippen LogP contribution in [0.5, 0.6) is 0 Å². The molecule has 1 spiro atoms. The average Bonchev–Trinajstić information content (AvgIpc) is 3.05. The molecule has 33 heavy (non-hydrogen) atoms. The summed E-state index contributed by atoms with van der Waals surface area (Å²) in [6, 6.07) is 17.7. The van der Waals surface area contributed by atoms with Crippen LogP contribution in [0.1, 0.15) is 18.4 Å². The zero-order valence-electron chi connectivity index (χ0n) is 18.3. The highest BCUT2D eigenvalue weighted by Gasteiger charge is 2.59. The van der Waals surface area contributed by atoms with Crippen molar-refractivity contribution < 1.29 is 28.7 Å². The molecule has 9 heteroatoms. The number of methoxy groups -OCH3 is 1. The third kappa shape index (κ3) is 4.26. The lowest BCUT2D eigenvalue weighted by molar-refractivity contribution is -0.145. The van der Waals surface area contributed by atoms with Gasteiger partial charge in [0.1, 0.15) is 18.7 Å². The van der Waals surface area contributed by atoms with Gasteiger partial charge >= 0.3 is 18.1 Å². The molecule has 9 nitrogen and oxygen atoms in total. The fourth-order valence-electron chi connectivity index (χ4n) is 4.31. The van der Waals surface area contributed by atoms with Crippen LogP contribution in [-0.2, 0) is 25.7 Å². The number of hydrogen-bond donors (Lipinski definition) is 0. The van der Waals surface area contributed by atoms with Crippen LogP contribution in [0.25, 0.3) is 0 Å². The van der Waals surface area contributed by atoms with Crippen LogP contribution in [0, 0.1) is 0 Å². The number of esters is 1. The molecule has 2 aromatic rings. The maximum absolute atomic E-state index is 13.4. The summed E-state index contributed by atoms with van der Waals surface area (Å²) in [7, 11) is 1.21. The SMILES string of the molecule is COC(=O)CN1C(=O)N(c2ccccc2)C2(CCN(C(=O)OCc3ccccc3)CC2)C1=O. The Kier molecular flexibility index (Phi) is 6.30. The highest BCUT2D eigenvalue weighted by Crippen LogP contribution is 2.40. The largest absolute Gasteiger partial charge is 0.468 e. The number of para-hydroxylation sites is 1. The molecule has 172 valence electrons. The van der Waals surface area contributed by atoms with E-state index in [9.17, 15) is 19.2 Å². The van der Waals surface area contributed by atoms with Gasteiger partial charge in [-0.05, 0) is 30.5 Å². The average molecular weight is 451 g/mol. The van der Waals surface area contributed by atoms with E-state index in [4.69, 9.17) is 4.74 Å². The van der Waals surface area contributed by atoms with Crippen molar-refractivity contribution in [2.45, 2.75) is 25.0 Å². The van der Waals surface area contributed by atoms with Crippen LogP contribution in [0.15, 0.2) is 60.7 Å². The number of amides is 4. The lowest BCUT2D eigenvalue weighted by Crippen LogP contribution is -2.57. The molecule has 4 rings (SSSR count). The summed E-state index contributed by atoms with van der Waals surface area (Å²) in [5.74, 6) is -1.14. The Labute approximate surface area is 191 Å². The van der Waals surface area contributed by atoms with E-state index in [1.807, 2.05) is 36.4 Å². The van der Waals surface area contributed by atoms with E-state index in [0.717, 1.165) is 10.5 Å². The molecule has 2 aliphatic heterocycles. The zero-order valence-corrected chi connectivity index (χ0v) is 18.3. The molecule has 0 radical (unpaired) electrons. The molecule has 0 aliphatic carbocycles. The van der Waals surface area contributed by atoms with Gasteiger partial charge in [0.2, 0.25) is 0 Å². The molecule has 0 saturated carbocycles. The Morgan fingerprint density at radius 1 is 0.939 bits per heavy atom. The number of rotatable bonds is 5. The van der Waals surface area contributed by atoms with Gasteiger partial charge in [-0.3, -0.25) is 19.4 Å². The second-order valence-corrected chi connectivity index (χ2v) is 7.98. The molecule has 2 fully saturated rings. The van der Waals surface area contributed by atoms with E-state index in [0.29, 0.717) is 5.69 Å². The van der Waals surface area contributed by atoms with Gasteiger partial charge in [-0.1, -0.05) is 48.5 Å². The number of ether oxygens (including phenoxy) is 2. The number of likely N-dealkylation sites (tertiary alicyclic amines) is 1. The van der Waals surface area contributed by atoms with E-state index in [2.05, 4.69) is 4.74 Å². The number of anilines is 1. The minimum absolute atomic E-state index is 0.155. The maximum Gasteiger partial charge on any atom is 0.410 e. The van der Waals surface area contributed by atoms with Gasteiger partial charge in [0, 0.05) is 18.8 Å². The summed E-state index contributed by atoms with van der Waals surface area (Å²) >= 11 is 0. The summed E-state index contributed by atoms with van der Waals surface area (Å²) in [6.45, 7) is 0.175. The number of benzene rings is 2. The summed E-state index contributed by atoms with van der Waals surface area (Å²) in [4.78, 5) is 55.0. The fourth-order valence-corrected chi connectivity index (χ4v) is 4.31. The quantitative estimate of drug-likeness (QED) is 0.512. The molecule has 2 aromatic carbocycles. The molecule has 4 amide bonds. The number of piperidine rings is 1. The van der Waals surface area contributed by atoms with Crippen LogP contribution in [0.3, 0.4) is 0 Å². The molecule has 0 atom stereocenters. The first kappa shape index (κ1) is 22.3. The number of carbonyl (C=O) groups excluding carboxylic acids is 4. The van der Waals surface area contributed by atoms with E-state index in [1.54, 1.807) is 24.3 Å². The molecule has 2 heterocycles. The third-order valence-electron chi connectivity index (χ3n) is 6.08. The van der Waals surface area contributed by atoms with Gasteiger partial charge < -0.3 is 14.4 Å². The molecular weight excluding hydrogens is 426 g/mol. The maximum atomic E-state index is 13.4. The first-order valence-corrected chi connectivity index (χ1v) is 10.7. The van der Waals surface area contributed by atoms with Gasteiger partial charge in [-0.2, -0.15) is 0 Å². The second kappa shape index (κ2) is 9.32. The number of nitrogens with zero attached hydrogens (tertiary/aromatic N) is 3. The topological polar surface area (TPSA) is 96.5 Å². The van der Waals surface area contributed by atoms with Gasteiger partial charge in [0.05, 0.1) is 7.11 Å². The van der Waals surface area contributed by atoms with E-state index in [1.165, 1.54) is 16.9 Å². The van der Waals surface area contributed by atoms with Crippen molar-refractivity contribution in [1.29, 1.82) is 0 Å². The Balaban J connectivity index is 1.51. The third-order valence-corrected chi connectivity index (χ3v) is 6.08. The van der Waals surface area contributed by atoms with Crippen LogP contribution < -0.4 is 4.90 Å². The lowest BCUT2D eigenvalue weighted by Gasteiger charge is -2.41. The van der Waals surface area contributed by atoms with Crippen LogP contribution in [0.4, 0.5) is 15.3 Å². The minimum Gasteiger partial charge on any atom is -0.468 e. The van der Waals surface area contributed by atoms with Gasteiger partial charge in [-0.25, -0.2) is 9.59 Å². The summed E-state index contributed by atoms with van der Waals surface area (Å²) in [6.07, 6.45) is -0.0158. The van der Waals surface area contributed by atoms with Crippen molar-refractivity contribution in [1.82, 2.24) is 9.80 Å². The van der Waals surface area contributed by atoms with Crippen molar-refractivity contribution in [3.63, 3.8) is 0 Å². The monoisotopic (exact) mass is 451 g/mol. The van der Waals surface area contributed by atoms with Crippen molar-refractivity contribution in [2.75, 3.05) is 31.6 Å². The van der Waals surface area contributed by atoms with Gasteiger partial charge in [0.25, 0.3) is 5.91 Å². The normalized spacial score (nSPS) is 17.4. The number of urea groups is 1. The minimum atomic E-state index is -1.18. The highest BCUT2D eigenvalue weighted by atomic mass is 16.6. The summed E-state index contributed by atoms with van der Waals surface area (Å²) in [5.41, 5.74) is 0.260. The Hall–Kier alpha value is -3.88. The number of carbonyl (C=O) groups is 4. The van der Waals surface area contributed by atoms with Gasteiger partial charge in [0.15, 0.2) is 0 Å². The Morgan fingerprint density at radius 3 is 2.15 bits per heavy atom. The molecule has 0 aromatic heterocycles. The Morgan fingerprint density at radius 2 is 1.55 bits per heavy atom. The molecule has 2 saturated heterocycles. The first-order valence-electron chi connectivity index (χ1n) is 10.7. The molecule has 2 aliphatic rings. The number of imide groups is 1. The second-order valence-electron chi connectivity index (χ2n) is 7.98. The first-order chi connectivity index (χ1) is 16.0. The molecule has 0 unspecified atom stereocenters. The zero-order chi connectivity index (χ0) is 23.4.